The monoisotopic (exact) mass is 641 g/mol. The van der Waals surface area contributed by atoms with Crippen LogP contribution in [-0.4, -0.2) is 89.9 Å². The minimum atomic E-state index is -4.67. The first-order valence-electron chi connectivity index (χ1n) is 13.5. The summed E-state index contributed by atoms with van der Waals surface area (Å²) in [7, 11) is -1.95. The molecule has 3 aromatic carbocycles. The van der Waals surface area contributed by atoms with Gasteiger partial charge in [0.2, 0.25) is 0 Å². The van der Waals surface area contributed by atoms with E-state index in [1.54, 1.807) is 29.2 Å². The van der Waals surface area contributed by atoms with E-state index >= 15 is 0 Å². The molecule has 238 valence electrons. The summed E-state index contributed by atoms with van der Waals surface area (Å²) < 4.78 is 49.6. The Morgan fingerprint density at radius 1 is 1.04 bits per heavy atom. The molecule has 0 unspecified atom stereocenters. The highest BCUT2D eigenvalue weighted by molar-refractivity contribution is 7.93. The smallest absolute Gasteiger partial charge is 0.289 e. The van der Waals surface area contributed by atoms with E-state index in [4.69, 9.17) is 18.9 Å². The lowest BCUT2D eigenvalue weighted by molar-refractivity contribution is -0.387. The fourth-order valence-electron chi connectivity index (χ4n) is 4.28. The van der Waals surface area contributed by atoms with E-state index in [1.165, 1.54) is 50.8 Å². The second-order valence-electron chi connectivity index (χ2n) is 9.42. The molecular weight excluding hydrogens is 610 g/mol. The van der Waals surface area contributed by atoms with E-state index in [-0.39, 0.29) is 24.0 Å². The van der Waals surface area contributed by atoms with Crippen molar-refractivity contribution in [2.45, 2.75) is 4.90 Å². The third-order valence-electron chi connectivity index (χ3n) is 6.58. The molecule has 0 radical (unpaired) electrons. The Morgan fingerprint density at radius 3 is 2.40 bits per heavy atom. The number of nitro groups is 1. The van der Waals surface area contributed by atoms with Gasteiger partial charge in [-0.1, -0.05) is 12.1 Å². The van der Waals surface area contributed by atoms with E-state index in [2.05, 4.69) is 10.5 Å². The van der Waals surface area contributed by atoms with Crippen molar-refractivity contribution in [3.8, 4) is 17.2 Å². The van der Waals surface area contributed by atoms with Crippen LogP contribution in [0, 0.1) is 10.1 Å². The minimum absolute atomic E-state index is 0.0433. The number of nitrogens with one attached hydrogen (secondary N) is 1. The molecule has 0 spiro atoms. The quantitative estimate of drug-likeness (QED) is 0.165. The van der Waals surface area contributed by atoms with E-state index in [1.807, 2.05) is 0 Å². The number of anilines is 1. The number of hydrogen-bond acceptors (Lipinski definition) is 11. The molecule has 0 aromatic heterocycles. The highest BCUT2D eigenvalue weighted by Gasteiger charge is 2.34. The first-order valence-corrected chi connectivity index (χ1v) is 15.0. The number of sulfonamides is 1. The van der Waals surface area contributed by atoms with Crippen LogP contribution in [0.25, 0.3) is 0 Å². The van der Waals surface area contributed by atoms with Crippen molar-refractivity contribution in [2.75, 3.05) is 58.0 Å². The molecule has 15 nitrogen and oxygen atoms in total. The van der Waals surface area contributed by atoms with Gasteiger partial charge in [0.25, 0.3) is 27.5 Å². The molecule has 0 bridgehead atoms. The summed E-state index contributed by atoms with van der Waals surface area (Å²) in [5.74, 6) is -0.124. The first-order chi connectivity index (χ1) is 21.6. The topological polar surface area (TPSA) is 179 Å². The Labute approximate surface area is 259 Å². The molecule has 3 aromatic rings. The van der Waals surface area contributed by atoms with E-state index in [9.17, 15) is 28.1 Å². The van der Waals surface area contributed by atoms with Gasteiger partial charge in [0.1, 0.15) is 23.8 Å². The van der Waals surface area contributed by atoms with Crippen molar-refractivity contribution < 1.29 is 41.9 Å². The van der Waals surface area contributed by atoms with Gasteiger partial charge in [-0.15, -0.1) is 0 Å². The van der Waals surface area contributed by atoms with Crippen LogP contribution in [-0.2, 0) is 24.3 Å². The van der Waals surface area contributed by atoms with Crippen LogP contribution >= 0.6 is 0 Å². The van der Waals surface area contributed by atoms with Crippen LogP contribution in [0.15, 0.2) is 76.7 Å². The van der Waals surface area contributed by atoms with E-state index in [0.29, 0.717) is 47.7 Å². The maximum absolute atomic E-state index is 13.8. The number of methoxy groups -OCH3 is 2. The molecule has 1 saturated heterocycles. The van der Waals surface area contributed by atoms with E-state index < -0.39 is 38.0 Å². The molecule has 45 heavy (non-hydrogen) atoms. The molecule has 1 aliphatic rings. The number of benzene rings is 3. The maximum atomic E-state index is 13.8. The zero-order valence-corrected chi connectivity index (χ0v) is 25.3. The third kappa shape index (κ3) is 8.24. The molecule has 1 aliphatic heterocycles. The Kier molecular flexibility index (Phi) is 10.9. The zero-order chi connectivity index (χ0) is 32.4. The number of hydrazone groups is 1. The third-order valence-corrected chi connectivity index (χ3v) is 8.39. The lowest BCUT2D eigenvalue weighted by atomic mass is 10.2. The summed E-state index contributed by atoms with van der Waals surface area (Å²) >= 11 is 0. The predicted molar refractivity (Wildman–Crippen MR) is 162 cm³/mol. The van der Waals surface area contributed by atoms with Crippen LogP contribution < -0.4 is 23.9 Å². The number of morpholine rings is 1. The average Bonchev–Trinajstić information content (AvgIpc) is 3.06. The standard InChI is InChI=1S/C29H31N5O10S/c1-41-23-11-12-24(26(17-23)42-2)33(45(39,40)27-6-4-3-5-25(27)34(37)38)19-28(35)31-30-18-21-7-9-22(10-8-21)44-20-29(36)32-13-15-43-16-14-32/h3-12,17-18H,13-16,19-20H2,1-2H3,(H,31,35)/b30-18-. The summed E-state index contributed by atoms with van der Waals surface area (Å²) in [6.45, 7) is 1.12. The Bertz CT molecular complexity index is 1660. The van der Waals surface area contributed by atoms with Crippen molar-refractivity contribution in [3.63, 3.8) is 0 Å². The van der Waals surface area contributed by atoms with Crippen LogP contribution in [0.3, 0.4) is 0 Å². The summed E-state index contributed by atoms with van der Waals surface area (Å²) in [6.07, 6.45) is 1.33. The average molecular weight is 642 g/mol. The van der Waals surface area contributed by atoms with Crippen LogP contribution in [0.4, 0.5) is 11.4 Å². The summed E-state index contributed by atoms with van der Waals surface area (Å²) in [6, 6.07) is 15.6. The molecule has 4 rings (SSSR count). The zero-order valence-electron chi connectivity index (χ0n) is 24.5. The van der Waals surface area contributed by atoms with Gasteiger partial charge in [-0.2, -0.15) is 5.10 Å². The molecule has 1 heterocycles. The van der Waals surface area contributed by atoms with Crippen molar-refractivity contribution in [1.29, 1.82) is 0 Å². The van der Waals surface area contributed by atoms with Crippen LogP contribution in [0.1, 0.15) is 5.56 Å². The number of amides is 2. The Hall–Kier alpha value is -5.22. The number of ether oxygens (including phenoxy) is 4. The van der Waals surface area contributed by atoms with Crippen molar-refractivity contribution >= 4 is 39.4 Å². The van der Waals surface area contributed by atoms with Crippen molar-refractivity contribution in [3.05, 3.63) is 82.4 Å². The van der Waals surface area contributed by atoms with Crippen LogP contribution in [0.2, 0.25) is 0 Å². The second kappa shape index (κ2) is 15.0. The SMILES string of the molecule is COc1ccc(N(CC(=O)N/N=C\c2ccc(OCC(=O)N3CCOCC3)cc2)S(=O)(=O)c2ccccc2[N+](=O)[O-])c(OC)c1. The normalized spacial score (nSPS) is 13.2. The van der Waals surface area contributed by atoms with Crippen molar-refractivity contribution in [1.82, 2.24) is 10.3 Å². The van der Waals surface area contributed by atoms with E-state index in [0.717, 1.165) is 12.1 Å². The molecule has 0 aliphatic carbocycles. The van der Waals surface area contributed by atoms with Gasteiger partial charge in [0.05, 0.1) is 44.3 Å². The summed E-state index contributed by atoms with van der Waals surface area (Å²) in [4.78, 5) is 37.1. The minimum Gasteiger partial charge on any atom is -0.497 e. The molecule has 1 N–H and O–H groups in total. The molecule has 1 fully saturated rings. The molecule has 2 amide bonds. The Balaban J connectivity index is 1.47. The highest BCUT2D eigenvalue weighted by atomic mass is 32.2. The Morgan fingerprint density at radius 2 is 1.73 bits per heavy atom. The lowest BCUT2D eigenvalue weighted by Crippen LogP contribution is -2.42. The van der Waals surface area contributed by atoms with Gasteiger partial charge in [-0.3, -0.25) is 24.0 Å². The fourth-order valence-corrected chi connectivity index (χ4v) is 5.87. The fraction of sp³-hybridized carbons (Fsp3) is 0.276. The molecule has 0 saturated carbocycles. The number of nitro benzene ring substituents is 1. The van der Waals surface area contributed by atoms with Gasteiger partial charge >= 0.3 is 0 Å². The van der Waals surface area contributed by atoms with Crippen molar-refractivity contribution in [2.24, 2.45) is 5.10 Å². The second-order valence-corrected chi connectivity index (χ2v) is 11.2. The van der Waals surface area contributed by atoms with Gasteiger partial charge < -0.3 is 23.8 Å². The predicted octanol–water partition coefficient (Wildman–Crippen LogP) is 2.20. The van der Waals surface area contributed by atoms with Gasteiger partial charge in [-0.05, 0) is 48.0 Å². The number of carbonyl (C=O) groups excluding carboxylic acids is 2. The molecular formula is C29H31N5O10S. The first kappa shape index (κ1) is 32.7. The number of nitrogens with zero attached hydrogens (tertiary/aromatic N) is 4. The number of hydrogen-bond donors (Lipinski definition) is 1. The maximum Gasteiger partial charge on any atom is 0.289 e. The number of rotatable bonds is 13. The molecule has 16 heteroatoms. The highest BCUT2D eigenvalue weighted by Crippen LogP contribution is 2.37. The van der Waals surface area contributed by atoms with Crippen LogP contribution in [0.5, 0.6) is 17.2 Å². The summed E-state index contributed by atoms with van der Waals surface area (Å²) in [5, 5.41) is 15.5. The largest absolute Gasteiger partial charge is 0.497 e. The van der Waals surface area contributed by atoms with Gasteiger partial charge in [0, 0.05) is 25.2 Å². The number of para-hydroxylation sites is 1. The van der Waals surface area contributed by atoms with Gasteiger partial charge in [0.15, 0.2) is 11.5 Å². The summed E-state index contributed by atoms with van der Waals surface area (Å²) in [5.41, 5.74) is 2.13. The lowest BCUT2D eigenvalue weighted by Gasteiger charge is -2.26. The molecule has 0 atom stereocenters. The number of carbonyl (C=O) groups is 2. The van der Waals surface area contributed by atoms with Gasteiger partial charge in [-0.25, -0.2) is 13.8 Å².